The van der Waals surface area contributed by atoms with E-state index < -0.39 is 22.7 Å². The first-order valence-electron chi connectivity index (χ1n) is 5.30. The maximum absolute atomic E-state index is 12.0. The molecule has 0 bridgehead atoms. The Morgan fingerprint density at radius 3 is 2.61 bits per heavy atom. The minimum Gasteiger partial charge on any atom is -0.591 e. The molecule has 1 aromatic carbocycles. The van der Waals surface area contributed by atoms with Crippen molar-refractivity contribution in [2.45, 2.75) is 32.1 Å². The van der Waals surface area contributed by atoms with Crippen LogP contribution < -0.4 is 4.74 Å². The molecule has 0 aromatic heterocycles. The van der Waals surface area contributed by atoms with Crippen LogP contribution in [0.3, 0.4) is 0 Å². The van der Waals surface area contributed by atoms with E-state index in [-0.39, 0.29) is 5.75 Å². The summed E-state index contributed by atoms with van der Waals surface area (Å²) in [5, 5.41) is 0. The molecule has 0 spiro atoms. The minimum absolute atomic E-state index is 0.0514. The van der Waals surface area contributed by atoms with Crippen LogP contribution in [0.2, 0.25) is 0 Å². The second-order valence-electron chi connectivity index (χ2n) is 4.55. The number of nitrogens with zero attached hydrogens (tertiary/aromatic N) is 1. The first-order valence-corrected chi connectivity index (χ1v) is 6.40. The van der Waals surface area contributed by atoms with Gasteiger partial charge in [-0.25, -0.2) is 0 Å². The van der Waals surface area contributed by atoms with Gasteiger partial charge in [0.1, 0.15) is 21.9 Å². The van der Waals surface area contributed by atoms with E-state index in [1.54, 1.807) is 32.9 Å². The fraction of sp³-hybridized carbons (Fsp3) is 0.417. The number of benzene rings is 1. The number of rotatable bonds is 4. The van der Waals surface area contributed by atoms with Crippen LogP contribution in [0.5, 0.6) is 5.75 Å². The third-order valence-corrected chi connectivity index (χ3v) is 3.25. The molecule has 100 valence electrons. The van der Waals surface area contributed by atoms with Gasteiger partial charge in [0.25, 0.3) is 0 Å². The first-order chi connectivity index (χ1) is 8.29. The zero-order valence-electron chi connectivity index (χ0n) is 10.4. The molecule has 18 heavy (non-hydrogen) atoms. The molecule has 3 nitrogen and oxygen atoms in total. The van der Waals surface area contributed by atoms with Crippen LogP contribution in [0.4, 0.5) is 8.78 Å². The highest BCUT2D eigenvalue weighted by Crippen LogP contribution is 2.18. The van der Waals surface area contributed by atoms with Gasteiger partial charge in [0.2, 0.25) is 0 Å². The lowest BCUT2D eigenvalue weighted by atomic mass is 10.2. The van der Waals surface area contributed by atoms with Gasteiger partial charge in [-0.3, -0.25) is 0 Å². The molecule has 1 rings (SSSR count). The Morgan fingerprint density at radius 1 is 1.39 bits per heavy atom. The Bertz CT molecular complexity index is 419. The number of hydrogen-bond acceptors (Lipinski definition) is 3. The standard InChI is InChI=1S/C12H15F2NO2S/c1-12(2,3)18(16)15-8-9-5-4-6-10(7-9)17-11(13)14/h4-8,11H,1-3H3/b15-8+/t18-/m1/s1. The number of ether oxygens (including phenoxy) is 1. The van der Waals surface area contributed by atoms with Gasteiger partial charge < -0.3 is 9.29 Å². The Balaban J connectivity index is 2.76. The van der Waals surface area contributed by atoms with Crippen LogP contribution in [-0.2, 0) is 11.4 Å². The van der Waals surface area contributed by atoms with Gasteiger partial charge in [-0.2, -0.15) is 8.78 Å². The molecule has 0 fully saturated rings. The summed E-state index contributed by atoms with van der Waals surface area (Å²) in [4.78, 5) is 0. The summed E-state index contributed by atoms with van der Waals surface area (Å²) in [5.41, 5.74) is 0.561. The van der Waals surface area contributed by atoms with Gasteiger partial charge >= 0.3 is 6.61 Å². The van der Waals surface area contributed by atoms with Gasteiger partial charge in [-0.15, -0.1) is 0 Å². The molecule has 0 aliphatic rings. The van der Waals surface area contributed by atoms with E-state index in [1.807, 2.05) is 0 Å². The summed E-state index contributed by atoms with van der Waals surface area (Å²) in [6.07, 6.45) is 1.39. The molecule has 0 heterocycles. The largest absolute Gasteiger partial charge is 0.591 e. The average molecular weight is 275 g/mol. The zero-order valence-corrected chi connectivity index (χ0v) is 11.2. The van der Waals surface area contributed by atoms with Crippen LogP contribution in [0.1, 0.15) is 26.3 Å². The highest BCUT2D eigenvalue weighted by molar-refractivity contribution is 7.91. The van der Waals surface area contributed by atoms with E-state index >= 15 is 0 Å². The molecular weight excluding hydrogens is 260 g/mol. The van der Waals surface area contributed by atoms with Crippen molar-refractivity contribution < 1.29 is 18.1 Å². The maximum Gasteiger partial charge on any atom is 0.387 e. The van der Waals surface area contributed by atoms with Crippen LogP contribution >= 0.6 is 0 Å². The maximum atomic E-state index is 12.0. The molecule has 0 unspecified atom stereocenters. The van der Waals surface area contributed by atoms with E-state index in [2.05, 4.69) is 9.13 Å². The van der Waals surface area contributed by atoms with Crippen molar-refractivity contribution in [1.82, 2.24) is 0 Å². The fourth-order valence-electron chi connectivity index (χ4n) is 1.04. The lowest BCUT2D eigenvalue weighted by Gasteiger charge is -2.17. The van der Waals surface area contributed by atoms with Gasteiger partial charge in [0.15, 0.2) is 0 Å². The van der Waals surface area contributed by atoms with Crippen LogP contribution in [-0.4, -0.2) is 22.1 Å². The van der Waals surface area contributed by atoms with Crippen LogP contribution in [0, 0.1) is 0 Å². The SMILES string of the molecule is CC(C)(C)[S@@+]([O-])/N=C/c1cccc(OC(F)F)c1. The normalized spacial score (nSPS) is 14.2. The first kappa shape index (κ1) is 14.9. The minimum atomic E-state index is -2.86. The molecule has 0 saturated carbocycles. The third-order valence-electron chi connectivity index (χ3n) is 1.90. The summed E-state index contributed by atoms with van der Waals surface area (Å²) in [7, 11) is 0. The molecule has 0 N–H and O–H groups in total. The second kappa shape index (κ2) is 6.15. The predicted octanol–water partition coefficient (Wildman–Crippen LogP) is 3.17. The van der Waals surface area contributed by atoms with Gasteiger partial charge in [0, 0.05) is 5.56 Å². The van der Waals surface area contributed by atoms with Crippen molar-refractivity contribution in [3.05, 3.63) is 29.8 Å². The molecular formula is C12H15F2NO2S. The fourth-order valence-corrected chi connectivity index (χ4v) is 1.57. The van der Waals surface area contributed by atoms with Crippen molar-refractivity contribution in [3.8, 4) is 5.75 Å². The summed E-state index contributed by atoms with van der Waals surface area (Å²) in [6, 6.07) is 6.07. The molecule has 0 aliphatic heterocycles. The average Bonchev–Trinajstić information content (AvgIpc) is 2.24. The number of alkyl halides is 2. The zero-order chi connectivity index (χ0) is 13.8. The highest BCUT2D eigenvalue weighted by atomic mass is 32.2. The van der Waals surface area contributed by atoms with Crippen molar-refractivity contribution in [2.75, 3.05) is 0 Å². The highest BCUT2D eigenvalue weighted by Gasteiger charge is 2.25. The Labute approximate surface area is 108 Å². The molecule has 1 aromatic rings. The smallest absolute Gasteiger partial charge is 0.387 e. The lowest BCUT2D eigenvalue weighted by Crippen LogP contribution is -2.25. The quantitative estimate of drug-likeness (QED) is 0.626. The number of hydrogen-bond donors (Lipinski definition) is 0. The third kappa shape index (κ3) is 5.01. The summed E-state index contributed by atoms with van der Waals surface area (Å²) in [5.74, 6) is 0.0514. The van der Waals surface area contributed by atoms with Gasteiger partial charge in [0.05, 0.1) is 6.21 Å². The molecule has 0 radical (unpaired) electrons. The van der Waals surface area contributed by atoms with Crippen molar-refractivity contribution in [2.24, 2.45) is 4.40 Å². The summed E-state index contributed by atoms with van der Waals surface area (Å²) in [6.45, 7) is 2.55. The van der Waals surface area contributed by atoms with E-state index in [0.29, 0.717) is 5.56 Å². The van der Waals surface area contributed by atoms with E-state index in [0.717, 1.165) is 0 Å². The molecule has 6 heteroatoms. The van der Waals surface area contributed by atoms with E-state index in [1.165, 1.54) is 18.3 Å². The van der Waals surface area contributed by atoms with Crippen LogP contribution in [0.25, 0.3) is 0 Å². The lowest BCUT2D eigenvalue weighted by molar-refractivity contribution is -0.0498. The molecule has 1 atom stereocenters. The van der Waals surface area contributed by atoms with Gasteiger partial charge in [-0.1, -0.05) is 16.5 Å². The molecule has 0 aliphatic carbocycles. The van der Waals surface area contributed by atoms with Crippen molar-refractivity contribution >= 4 is 17.6 Å². The number of halogens is 2. The van der Waals surface area contributed by atoms with Crippen LogP contribution in [0.15, 0.2) is 28.7 Å². The Morgan fingerprint density at radius 2 is 2.06 bits per heavy atom. The Hall–Kier alpha value is -1.14. The van der Waals surface area contributed by atoms with Crippen molar-refractivity contribution in [1.29, 1.82) is 0 Å². The van der Waals surface area contributed by atoms with Gasteiger partial charge in [-0.05, 0) is 32.9 Å². The summed E-state index contributed by atoms with van der Waals surface area (Å²) >= 11 is -1.37. The molecule has 0 saturated heterocycles. The Kier molecular flexibility index (Phi) is 5.10. The van der Waals surface area contributed by atoms with Crippen molar-refractivity contribution in [3.63, 3.8) is 0 Å². The predicted molar refractivity (Wildman–Crippen MR) is 68.6 cm³/mol. The second-order valence-corrected chi connectivity index (χ2v) is 6.48. The van der Waals surface area contributed by atoms with E-state index in [4.69, 9.17) is 0 Å². The summed E-state index contributed by atoms with van der Waals surface area (Å²) < 4.78 is 43.4. The molecule has 0 amide bonds. The van der Waals surface area contributed by atoms with E-state index in [9.17, 15) is 13.3 Å². The monoisotopic (exact) mass is 275 g/mol. The topological polar surface area (TPSA) is 44.7 Å².